The molecule has 2 nitrogen and oxygen atoms in total. The van der Waals surface area contributed by atoms with E-state index in [1.54, 1.807) is 0 Å². The van der Waals surface area contributed by atoms with Crippen LogP contribution in [0.4, 0.5) is 5.69 Å². The molecule has 0 unspecified atom stereocenters. The number of nitrogen functional groups attached to an aromatic ring is 1. The fourth-order valence-electron chi connectivity index (χ4n) is 2.22. The van der Waals surface area contributed by atoms with Crippen molar-refractivity contribution in [3.05, 3.63) is 24.3 Å². The molecular weight excluding hydrogens is 186 g/mol. The number of nitrogens with two attached hydrogens (primary N) is 1. The van der Waals surface area contributed by atoms with Crippen molar-refractivity contribution in [2.75, 3.05) is 5.73 Å². The Kier molecular flexibility index (Phi) is 2.85. The summed E-state index contributed by atoms with van der Waals surface area (Å²) in [6.07, 6.45) is 6.24. The van der Waals surface area contributed by atoms with Crippen LogP contribution >= 0.6 is 0 Å². The van der Waals surface area contributed by atoms with Crippen molar-refractivity contribution in [1.82, 2.24) is 0 Å². The van der Waals surface area contributed by atoms with Gasteiger partial charge in [0.05, 0.1) is 0 Å². The molecule has 0 aromatic heterocycles. The third kappa shape index (κ3) is 2.65. The molecule has 1 aliphatic rings. The van der Waals surface area contributed by atoms with Crippen molar-refractivity contribution in [1.29, 1.82) is 0 Å². The third-order valence-corrected chi connectivity index (χ3v) is 3.16. The fraction of sp³-hybridized carbons (Fsp3) is 0.538. The molecule has 2 rings (SSSR count). The van der Waals surface area contributed by atoms with E-state index in [1.807, 2.05) is 24.3 Å². The van der Waals surface area contributed by atoms with Gasteiger partial charge in [0.25, 0.3) is 0 Å². The third-order valence-electron chi connectivity index (χ3n) is 3.16. The molecule has 1 aliphatic carbocycles. The Morgan fingerprint density at radius 2 is 1.67 bits per heavy atom. The molecule has 1 aromatic carbocycles. The fourth-order valence-corrected chi connectivity index (χ4v) is 2.22. The smallest absolute Gasteiger partial charge is 0.120 e. The molecule has 2 N–H and O–H groups in total. The summed E-state index contributed by atoms with van der Waals surface area (Å²) in [6, 6.07) is 7.69. The molecule has 0 amide bonds. The molecule has 0 aliphatic heterocycles. The first kappa shape index (κ1) is 10.3. The Morgan fingerprint density at radius 1 is 1.07 bits per heavy atom. The number of ether oxygens (including phenoxy) is 1. The van der Waals surface area contributed by atoms with E-state index in [9.17, 15) is 0 Å². The minimum atomic E-state index is 0.0361. The monoisotopic (exact) mass is 205 g/mol. The van der Waals surface area contributed by atoms with Gasteiger partial charge in [-0.25, -0.2) is 0 Å². The normalized spacial score (nSPS) is 19.8. The van der Waals surface area contributed by atoms with Crippen molar-refractivity contribution < 1.29 is 4.74 Å². The Morgan fingerprint density at radius 3 is 2.27 bits per heavy atom. The Balaban J connectivity index is 2.03. The molecule has 0 bridgehead atoms. The molecule has 0 radical (unpaired) electrons. The van der Waals surface area contributed by atoms with Crippen LogP contribution in [0.25, 0.3) is 0 Å². The van der Waals surface area contributed by atoms with Crippen LogP contribution in [0.5, 0.6) is 5.75 Å². The zero-order chi connectivity index (χ0) is 10.7. The van der Waals surface area contributed by atoms with Gasteiger partial charge in [-0.05, 0) is 56.9 Å². The van der Waals surface area contributed by atoms with Gasteiger partial charge >= 0.3 is 0 Å². The zero-order valence-corrected chi connectivity index (χ0v) is 9.33. The second kappa shape index (κ2) is 4.13. The Bertz CT molecular complexity index is 312. The van der Waals surface area contributed by atoms with Gasteiger partial charge in [-0.3, -0.25) is 0 Å². The summed E-state index contributed by atoms with van der Waals surface area (Å²) in [5.74, 6) is 0.939. The maximum atomic E-state index is 6.04. The van der Waals surface area contributed by atoms with E-state index in [0.29, 0.717) is 0 Å². The van der Waals surface area contributed by atoms with Crippen LogP contribution in [-0.4, -0.2) is 5.60 Å². The molecule has 2 heteroatoms. The molecule has 1 fully saturated rings. The lowest BCUT2D eigenvalue weighted by atomic mass is 9.86. The van der Waals surface area contributed by atoms with Crippen molar-refractivity contribution in [2.45, 2.75) is 44.6 Å². The van der Waals surface area contributed by atoms with Crippen LogP contribution in [-0.2, 0) is 0 Å². The van der Waals surface area contributed by atoms with E-state index < -0.39 is 0 Å². The average molecular weight is 205 g/mol. The van der Waals surface area contributed by atoms with Gasteiger partial charge in [0.2, 0.25) is 0 Å². The largest absolute Gasteiger partial charge is 0.488 e. The second-order valence-electron chi connectivity index (χ2n) is 4.68. The molecule has 1 aromatic rings. The zero-order valence-electron chi connectivity index (χ0n) is 9.33. The van der Waals surface area contributed by atoms with E-state index >= 15 is 0 Å². The van der Waals surface area contributed by atoms with Crippen LogP contribution in [0.1, 0.15) is 39.0 Å². The highest BCUT2D eigenvalue weighted by atomic mass is 16.5. The summed E-state index contributed by atoms with van der Waals surface area (Å²) in [7, 11) is 0. The lowest BCUT2D eigenvalue weighted by Crippen LogP contribution is -2.34. The highest BCUT2D eigenvalue weighted by Gasteiger charge is 2.28. The first-order valence-electron chi connectivity index (χ1n) is 5.73. The van der Waals surface area contributed by atoms with Crippen LogP contribution in [0.3, 0.4) is 0 Å². The molecule has 1 saturated carbocycles. The van der Waals surface area contributed by atoms with Gasteiger partial charge in [0.15, 0.2) is 0 Å². The first-order chi connectivity index (χ1) is 7.18. The molecule has 0 saturated heterocycles. The van der Waals surface area contributed by atoms with E-state index in [1.165, 1.54) is 19.3 Å². The van der Waals surface area contributed by atoms with Crippen LogP contribution in [0.2, 0.25) is 0 Å². The van der Waals surface area contributed by atoms with Gasteiger partial charge in [0, 0.05) is 5.69 Å². The van der Waals surface area contributed by atoms with Crippen molar-refractivity contribution >= 4 is 5.69 Å². The van der Waals surface area contributed by atoms with Gasteiger partial charge in [-0.1, -0.05) is 6.42 Å². The first-order valence-corrected chi connectivity index (χ1v) is 5.73. The predicted octanol–water partition coefficient (Wildman–Crippen LogP) is 3.37. The van der Waals surface area contributed by atoms with E-state index in [-0.39, 0.29) is 5.60 Å². The summed E-state index contributed by atoms with van der Waals surface area (Å²) < 4.78 is 6.04. The molecule has 0 heterocycles. The summed E-state index contributed by atoms with van der Waals surface area (Å²) in [4.78, 5) is 0. The highest BCUT2D eigenvalue weighted by Crippen LogP contribution is 2.32. The summed E-state index contributed by atoms with van der Waals surface area (Å²) in [6.45, 7) is 2.21. The van der Waals surface area contributed by atoms with E-state index in [4.69, 9.17) is 10.5 Å². The second-order valence-corrected chi connectivity index (χ2v) is 4.68. The molecule has 82 valence electrons. The Hall–Kier alpha value is -1.18. The molecule has 15 heavy (non-hydrogen) atoms. The molecule has 0 atom stereocenters. The minimum Gasteiger partial charge on any atom is -0.488 e. The standard InChI is InChI=1S/C13H19NO/c1-13(9-3-2-4-10-13)15-12-7-5-11(14)6-8-12/h5-8H,2-4,9-10,14H2,1H3. The number of benzene rings is 1. The Labute approximate surface area is 91.4 Å². The summed E-state index contributed by atoms with van der Waals surface area (Å²) in [5, 5.41) is 0. The lowest BCUT2D eigenvalue weighted by molar-refractivity contribution is 0.0487. The van der Waals surface area contributed by atoms with Crippen molar-refractivity contribution in [3.63, 3.8) is 0 Å². The van der Waals surface area contributed by atoms with Crippen LogP contribution in [0.15, 0.2) is 24.3 Å². The van der Waals surface area contributed by atoms with E-state index in [2.05, 4.69) is 6.92 Å². The number of hydrogen-bond donors (Lipinski definition) is 1. The van der Waals surface area contributed by atoms with Crippen molar-refractivity contribution in [3.8, 4) is 5.75 Å². The van der Waals surface area contributed by atoms with E-state index in [0.717, 1.165) is 24.3 Å². The minimum absolute atomic E-state index is 0.0361. The van der Waals surface area contributed by atoms with Crippen LogP contribution in [0, 0.1) is 0 Å². The SMILES string of the molecule is CC1(Oc2ccc(N)cc2)CCCCC1. The quantitative estimate of drug-likeness (QED) is 0.751. The lowest BCUT2D eigenvalue weighted by Gasteiger charge is -2.34. The topological polar surface area (TPSA) is 35.2 Å². The van der Waals surface area contributed by atoms with Crippen LogP contribution < -0.4 is 10.5 Å². The number of hydrogen-bond acceptors (Lipinski definition) is 2. The average Bonchev–Trinajstić information content (AvgIpc) is 2.22. The van der Waals surface area contributed by atoms with Gasteiger partial charge < -0.3 is 10.5 Å². The highest BCUT2D eigenvalue weighted by molar-refractivity contribution is 5.41. The van der Waals surface area contributed by atoms with Gasteiger partial charge in [-0.15, -0.1) is 0 Å². The predicted molar refractivity (Wildman–Crippen MR) is 63.0 cm³/mol. The summed E-state index contributed by atoms with van der Waals surface area (Å²) in [5.41, 5.74) is 6.46. The van der Waals surface area contributed by atoms with Gasteiger partial charge in [0.1, 0.15) is 11.4 Å². The van der Waals surface area contributed by atoms with Gasteiger partial charge in [-0.2, -0.15) is 0 Å². The molecular formula is C13H19NO. The summed E-state index contributed by atoms with van der Waals surface area (Å²) >= 11 is 0. The number of anilines is 1. The maximum Gasteiger partial charge on any atom is 0.120 e. The maximum absolute atomic E-state index is 6.04. The van der Waals surface area contributed by atoms with Crippen molar-refractivity contribution in [2.24, 2.45) is 0 Å². The number of rotatable bonds is 2. The molecule has 0 spiro atoms.